The maximum atomic E-state index is 3.65. The van der Waals surface area contributed by atoms with Crippen molar-refractivity contribution in [2.75, 3.05) is 40.8 Å². The second-order valence-corrected chi connectivity index (χ2v) is 6.88. The number of nitrogens with zero attached hydrogens (tertiary/aromatic N) is 2. The van der Waals surface area contributed by atoms with Gasteiger partial charge in [-0.1, -0.05) is 19.3 Å². The van der Waals surface area contributed by atoms with Gasteiger partial charge in [0, 0.05) is 11.6 Å². The first-order chi connectivity index (χ1) is 9.15. The molecular weight excluding hydrogens is 234 g/mol. The van der Waals surface area contributed by atoms with E-state index < -0.39 is 0 Å². The van der Waals surface area contributed by atoms with Gasteiger partial charge in [-0.15, -0.1) is 0 Å². The Bertz CT molecular complexity index is 251. The molecule has 0 atom stereocenters. The van der Waals surface area contributed by atoms with Gasteiger partial charge in [0.1, 0.15) is 0 Å². The lowest BCUT2D eigenvalue weighted by Crippen LogP contribution is -2.49. The third kappa shape index (κ3) is 4.17. The Balaban J connectivity index is 1.73. The predicted octanol–water partition coefficient (Wildman–Crippen LogP) is 2.32. The summed E-state index contributed by atoms with van der Waals surface area (Å²) in [6.07, 6.45) is 11.1. The summed E-state index contributed by atoms with van der Waals surface area (Å²) in [4.78, 5) is 5.08. The second kappa shape index (κ2) is 7.05. The Kier molecular flexibility index (Phi) is 5.67. The maximum Gasteiger partial charge on any atom is 0.0190 e. The molecule has 1 heterocycles. The molecule has 0 amide bonds. The molecule has 2 fully saturated rings. The summed E-state index contributed by atoms with van der Waals surface area (Å²) in [7, 11) is 6.61. The van der Waals surface area contributed by atoms with Crippen molar-refractivity contribution in [3.63, 3.8) is 0 Å². The molecule has 0 bridgehead atoms. The lowest BCUT2D eigenvalue weighted by Gasteiger charge is -2.41. The molecule has 2 rings (SSSR count). The smallest absolute Gasteiger partial charge is 0.0190 e. The molecule has 1 saturated heterocycles. The predicted molar refractivity (Wildman–Crippen MR) is 82.6 cm³/mol. The largest absolute Gasteiger partial charge is 0.314 e. The minimum Gasteiger partial charge on any atom is -0.314 e. The molecule has 19 heavy (non-hydrogen) atoms. The van der Waals surface area contributed by atoms with Gasteiger partial charge < -0.3 is 15.1 Å². The number of piperidine rings is 1. The van der Waals surface area contributed by atoms with Gasteiger partial charge in [-0.05, 0) is 72.9 Å². The average molecular weight is 267 g/mol. The molecule has 0 unspecified atom stereocenters. The van der Waals surface area contributed by atoms with E-state index in [9.17, 15) is 0 Å². The van der Waals surface area contributed by atoms with Crippen molar-refractivity contribution >= 4 is 0 Å². The molecular formula is C16H33N3. The molecule has 1 aliphatic carbocycles. The zero-order valence-electron chi connectivity index (χ0n) is 13.2. The highest BCUT2D eigenvalue weighted by Gasteiger charge is 2.31. The van der Waals surface area contributed by atoms with E-state index in [1.54, 1.807) is 0 Å². The highest BCUT2D eigenvalue weighted by molar-refractivity contribution is 4.91. The standard InChI is InChI=1S/C16H33N3/c1-17-16(9-5-4-6-10-16)11-14-19-12-7-15(8-13-19)18(2)3/h15,17H,4-14H2,1-3H3. The SMILES string of the molecule is CNC1(CCN2CCC(N(C)C)CC2)CCCCC1. The van der Waals surface area contributed by atoms with Gasteiger partial charge in [0.25, 0.3) is 0 Å². The lowest BCUT2D eigenvalue weighted by molar-refractivity contribution is 0.124. The van der Waals surface area contributed by atoms with Gasteiger partial charge in [-0.3, -0.25) is 0 Å². The van der Waals surface area contributed by atoms with E-state index >= 15 is 0 Å². The van der Waals surface area contributed by atoms with Gasteiger partial charge in [0.05, 0.1) is 0 Å². The van der Waals surface area contributed by atoms with Crippen LogP contribution in [0.1, 0.15) is 51.4 Å². The zero-order valence-corrected chi connectivity index (χ0v) is 13.2. The Labute approximate surface area is 119 Å². The number of rotatable bonds is 5. The van der Waals surface area contributed by atoms with E-state index in [0.717, 1.165) is 6.04 Å². The molecule has 112 valence electrons. The van der Waals surface area contributed by atoms with Crippen molar-refractivity contribution in [1.82, 2.24) is 15.1 Å². The van der Waals surface area contributed by atoms with E-state index in [4.69, 9.17) is 0 Å². The highest BCUT2D eigenvalue weighted by atomic mass is 15.2. The molecule has 0 radical (unpaired) electrons. The number of nitrogens with one attached hydrogen (secondary N) is 1. The van der Waals surface area contributed by atoms with Gasteiger partial charge in [0.15, 0.2) is 0 Å². The first kappa shape index (κ1) is 15.3. The molecule has 1 saturated carbocycles. The van der Waals surface area contributed by atoms with Crippen molar-refractivity contribution in [2.45, 2.75) is 62.9 Å². The van der Waals surface area contributed by atoms with Crippen molar-refractivity contribution in [2.24, 2.45) is 0 Å². The fourth-order valence-electron chi connectivity index (χ4n) is 3.89. The summed E-state index contributed by atoms with van der Waals surface area (Å²) in [5.74, 6) is 0. The second-order valence-electron chi connectivity index (χ2n) is 6.88. The summed E-state index contributed by atoms with van der Waals surface area (Å²) in [5, 5.41) is 3.65. The average Bonchev–Trinajstić information content (AvgIpc) is 2.46. The third-order valence-electron chi connectivity index (χ3n) is 5.53. The van der Waals surface area contributed by atoms with Gasteiger partial charge >= 0.3 is 0 Å². The van der Waals surface area contributed by atoms with E-state index in [2.05, 4.69) is 36.3 Å². The highest BCUT2D eigenvalue weighted by Crippen LogP contribution is 2.31. The number of hydrogen-bond acceptors (Lipinski definition) is 3. The Morgan fingerprint density at radius 2 is 1.74 bits per heavy atom. The molecule has 0 spiro atoms. The molecule has 1 N–H and O–H groups in total. The fraction of sp³-hybridized carbons (Fsp3) is 1.00. The van der Waals surface area contributed by atoms with Crippen molar-refractivity contribution in [3.8, 4) is 0 Å². The fourth-order valence-corrected chi connectivity index (χ4v) is 3.89. The Morgan fingerprint density at radius 3 is 2.26 bits per heavy atom. The molecule has 0 aromatic heterocycles. The van der Waals surface area contributed by atoms with Crippen LogP contribution in [-0.4, -0.2) is 62.2 Å². The molecule has 0 aromatic rings. The quantitative estimate of drug-likeness (QED) is 0.825. The topological polar surface area (TPSA) is 18.5 Å². The molecule has 3 heteroatoms. The van der Waals surface area contributed by atoms with Gasteiger partial charge in [0.2, 0.25) is 0 Å². The lowest BCUT2D eigenvalue weighted by atomic mass is 9.79. The van der Waals surface area contributed by atoms with Crippen LogP contribution in [-0.2, 0) is 0 Å². The summed E-state index contributed by atoms with van der Waals surface area (Å²) < 4.78 is 0. The molecule has 1 aliphatic heterocycles. The van der Waals surface area contributed by atoms with Crippen LogP contribution in [0.15, 0.2) is 0 Å². The van der Waals surface area contributed by atoms with E-state index in [-0.39, 0.29) is 0 Å². The Hall–Kier alpha value is -0.120. The number of likely N-dealkylation sites (tertiary alicyclic amines) is 1. The molecule has 2 aliphatic rings. The zero-order chi connectivity index (χ0) is 13.7. The summed E-state index contributed by atoms with van der Waals surface area (Å²) in [6, 6.07) is 0.809. The van der Waals surface area contributed by atoms with Gasteiger partial charge in [-0.2, -0.15) is 0 Å². The minimum atomic E-state index is 0.455. The third-order valence-corrected chi connectivity index (χ3v) is 5.53. The normalized spacial score (nSPS) is 25.9. The van der Waals surface area contributed by atoms with Crippen LogP contribution in [0.4, 0.5) is 0 Å². The summed E-state index contributed by atoms with van der Waals surface area (Å²) >= 11 is 0. The number of hydrogen-bond donors (Lipinski definition) is 1. The Morgan fingerprint density at radius 1 is 1.11 bits per heavy atom. The first-order valence-electron chi connectivity index (χ1n) is 8.23. The van der Waals surface area contributed by atoms with Crippen molar-refractivity contribution < 1.29 is 0 Å². The van der Waals surface area contributed by atoms with Crippen LogP contribution >= 0.6 is 0 Å². The van der Waals surface area contributed by atoms with Crippen molar-refractivity contribution in [1.29, 1.82) is 0 Å². The summed E-state index contributed by atoms with van der Waals surface area (Å²) in [6.45, 7) is 3.88. The van der Waals surface area contributed by atoms with Crippen LogP contribution in [0.2, 0.25) is 0 Å². The molecule has 0 aromatic carbocycles. The van der Waals surface area contributed by atoms with Gasteiger partial charge in [-0.25, -0.2) is 0 Å². The maximum absolute atomic E-state index is 3.65. The van der Waals surface area contributed by atoms with Crippen LogP contribution < -0.4 is 5.32 Å². The van der Waals surface area contributed by atoms with Crippen molar-refractivity contribution in [3.05, 3.63) is 0 Å². The summed E-state index contributed by atoms with van der Waals surface area (Å²) in [5.41, 5.74) is 0.455. The monoisotopic (exact) mass is 267 g/mol. The first-order valence-corrected chi connectivity index (χ1v) is 8.23. The van der Waals surface area contributed by atoms with E-state index in [0.29, 0.717) is 5.54 Å². The van der Waals surface area contributed by atoms with E-state index in [1.165, 1.54) is 71.0 Å². The van der Waals surface area contributed by atoms with E-state index in [1.807, 2.05) is 0 Å². The molecule has 3 nitrogen and oxygen atoms in total. The van der Waals surface area contributed by atoms with Crippen LogP contribution in [0, 0.1) is 0 Å². The van der Waals surface area contributed by atoms with Crippen LogP contribution in [0.3, 0.4) is 0 Å². The van der Waals surface area contributed by atoms with Crippen LogP contribution in [0.5, 0.6) is 0 Å². The minimum absolute atomic E-state index is 0.455. The van der Waals surface area contributed by atoms with Crippen LogP contribution in [0.25, 0.3) is 0 Å².